The Morgan fingerprint density at radius 3 is 2.48 bits per heavy atom. The Morgan fingerprint density at radius 1 is 1.43 bits per heavy atom. The van der Waals surface area contributed by atoms with Gasteiger partial charge >= 0.3 is 0 Å². The van der Waals surface area contributed by atoms with E-state index in [9.17, 15) is 22.0 Å². The summed E-state index contributed by atoms with van der Waals surface area (Å²) in [5.41, 5.74) is -0.432. The van der Waals surface area contributed by atoms with Crippen molar-refractivity contribution >= 4 is 37.2 Å². The van der Waals surface area contributed by atoms with Gasteiger partial charge in [0, 0.05) is 24.3 Å². The third-order valence-electron chi connectivity index (χ3n) is 3.17. The molecule has 0 bridgehead atoms. The maximum atomic E-state index is 13.6. The van der Waals surface area contributed by atoms with Crippen molar-refractivity contribution in [1.82, 2.24) is 4.90 Å². The van der Waals surface area contributed by atoms with Crippen LogP contribution in [0.1, 0.15) is 23.2 Å². The summed E-state index contributed by atoms with van der Waals surface area (Å²) in [7, 11) is 1.90. The van der Waals surface area contributed by atoms with Gasteiger partial charge < -0.3 is 4.90 Å². The van der Waals surface area contributed by atoms with Crippen LogP contribution in [0.5, 0.6) is 0 Å². The molecule has 2 rings (SSSR count). The molecule has 0 unspecified atom stereocenters. The van der Waals surface area contributed by atoms with Gasteiger partial charge in [-0.25, -0.2) is 17.2 Å². The maximum absolute atomic E-state index is 13.6. The zero-order chi connectivity index (χ0) is 15.9. The number of rotatable bonds is 4. The van der Waals surface area contributed by atoms with E-state index in [2.05, 4.69) is 0 Å². The van der Waals surface area contributed by atoms with Crippen LogP contribution in [0.4, 0.5) is 8.78 Å². The van der Waals surface area contributed by atoms with E-state index in [0.29, 0.717) is 18.5 Å². The van der Waals surface area contributed by atoms with Crippen molar-refractivity contribution in [3.63, 3.8) is 0 Å². The van der Waals surface area contributed by atoms with Gasteiger partial charge in [-0.3, -0.25) is 4.79 Å². The second-order valence-corrected chi connectivity index (χ2v) is 7.81. The quantitative estimate of drug-likeness (QED) is 0.614. The monoisotopic (exact) mass is 357 g/mol. The molecule has 0 radical (unpaired) electrons. The molecular formula is C12H11Cl2F2NO3S. The molecule has 0 aromatic heterocycles. The fraction of sp³-hybridized carbons (Fsp3) is 0.417. The summed E-state index contributed by atoms with van der Waals surface area (Å²) in [6, 6.07) is 0.578. The van der Waals surface area contributed by atoms with Crippen LogP contribution in [0.2, 0.25) is 5.02 Å². The third kappa shape index (κ3) is 3.46. The van der Waals surface area contributed by atoms with Gasteiger partial charge in [-0.1, -0.05) is 11.6 Å². The Morgan fingerprint density at radius 2 is 2.00 bits per heavy atom. The molecule has 4 nitrogen and oxygen atoms in total. The summed E-state index contributed by atoms with van der Waals surface area (Å²) in [5, 5.41) is -0.712. The van der Waals surface area contributed by atoms with Crippen LogP contribution >= 0.6 is 22.3 Å². The predicted octanol–water partition coefficient (Wildman–Crippen LogP) is 3.03. The number of carbonyl (C=O) groups excluding carboxylic acids is 1. The van der Waals surface area contributed by atoms with Gasteiger partial charge in [0.1, 0.15) is 4.90 Å². The molecule has 0 aliphatic heterocycles. The highest BCUT2D eigenvalue weighted by molar-refractivity contribution is 8.13. The van der Waals surface area contributed by atoms with E-state index in [-0.39, 0.29) is 0 Å². The molecule has 0 heterocycles. The van der Waals surface area contributed by atoms with Crippen molar-refractivity contribution in [2.75, 3.05) is 13.6 Å². The van der Waals surface area contributed by atoms with E-state index in [1.165, 1.54) is 11.9 Å². The fourth-order valence-corrected chi connectivity index (χ4v) is 3.64. The average molecular weight is 358 g/mol. The van der Waals surface area contributed by atoms with E-state index in [4.69, 9.17) is 22.3 Å². The molecule has 0 N–H and O–H groups in total. The van der Waals surface area contributed by atoms with Gasteiger partial charge in [0.25, 0.3) is 15.0 Å². The largest absolute Gasteiger partial charge is 0.341 e. The first-order valence-corrected chi connectivity index (χ1v) is 8.69. The summed E-state index contributed by atoms with van der Waals surface area (Å²) >= 11 is 5.74. The zero-order valence-corrected chi connectivity index (χ0v) is 13.2. The molecule has 1 aromatic rings. The lowest BCUT2D eigenvalue weighted by Crippen LogP contribution is -2.29. The van der Waals surface area contributed by atoms with Crippen molar-refractivity contribution in [1.29, 1.82) is 0 Å². The minimum absolute atomic E-state index is 0.374. The number of hydrogen-bond acceptors (Lipinski definition) is 3. The number of nitrogens with zero attached hydrogens (tertiary/aromatic N) is 1. The summed E-state index contributed by atoms with van der Waals surface area (Å²) in [4.78, 5) is 12.3. The minimum Gasteiger partial charge on any atom is -0.341 e. The predicted molar refractivity (Wildman–Crippen MR) is 74.1 cm³/mol. The second-order valence-electron chi connectivity index (χ2n) is 4.93. The molecule has 1 aliphatic carbocycles. The van der Waals surface area contributed by atoms with Crippen LogP contribution in [0.25, 0.3) is 0 Å². The molecule has 0 spiro atoms. The van der Waals surface area contributed by atoms with E-state index in [1.54, 1.807) is 0 Å². The van der Waals surface area contributed by atoms with Crippen molar-refractivity contribution in [3.05, 3.63) is 28.3 Å². The SMILES string of the molecule is CN(CC1CC1)C(=O)c1cc(F)c(F)c(S(=O)(=O)Cl)c1Cl. The molecule has 0 saturated heterocycles. The van der Waals surface area contributed by atoms with Gasteiger partial charge in [0.05, 0.1) is 10.6 Å². The number of carbonyl (C=O) groups is 1. The second kappa shape index (κ2) is 5.70. The van der Waals surface area contributed by atoms with Gasteiger partial charge in [-0.2, -0.15) is 0 Å². The van der Waals surface area contributed by atoms with E-state index in [1.807, 2.05) is 0 Å². The normalized spacial score (nSPS) is 15.1. The smallest absolute Gasteiger partial charge is 0.265 e. The summed E-state index contributed by atoms with van der Waals surface area (Å²) in [6.07, 6.45) is 1.98. The molecular weight excluding hydrogens is 347 g/mol. The standard InChI is InChI=1S/C12H11Cl2F2NO3S/c1-17(5-6-2-3-6)12(18)7-4-8(15)10(16)11(9(7)13)21(14,19)20/h4,6H,2-3,5H2,1H3. The first-order chi connectivity index (χ1) is 9.62. The summed E-state index contributed by atoms with van der Waals surface area (Å²) in [6.45, 7) is 0.442. The Balaban J connectivity index is 2.49. The first kappa shape index (κ1) is 16.5. The first-order valence-electron chi connectivity index (χ1n) is 6.00. The van der Waals surface area contributed by atoms with E-state index < -0.39 is 42.1 Å². The molecule has 1 aliphatic rings. The van der Waals surface area contributed by atoms with Gasteiger partial charge in [-0.05, 0) is 24.8 Å². The Hall–Kier alpha value is -0.920. The van der Waals surface area contributed by atoms with Crippen molar-refractivity contribution in [2.45, 2.75) is 17.7 Å². The lowest BCUT2D eigenvalue weighted by Gasteiger charge is -2.18. The van der Waals surface area contributed by atoms with Crippen molar-refractivity contribution in [3.8, 4) is 0 Å². The minimum atomic E-state index is -4.62. The van der Waals surface area contributed by atoms with Gasteiger partial charge in [0.2, 0.25) is 0 Å². The highest BCUT2D eigenvalue weighted by atomic mass is 35.7. The van der Waals surface area contributed by atoms with Gasteiger partial charge in [0.15, 0.2) is 11.6 Å². The Bertz CT molecular complexity index is 705. The molecule has 21 heavy (non-hydrogen) atoms. The number of benzene rings is 1. The van der Waals surface area contributed by atoms with Crippen LogP contribution in [-0.4, -0.2) is 32.8 Å². The lowest BCUT2D eigenvalue weighted by molar-refractivity contribution is 0.0788. The van der Waals surface area contributed by atoms with Crippen molar-refractivity contribution in [2.24, 2.45) is 5.92 Å². The van der Waals surface area contributed by atoms with Crippen LogP contribution in [0.15, 0.2) is 11.0 Å². The van der Waals surface area contributed by atoms with Crippen molar-refractivity contribution < 1.29 is 22.0 Å². The van der Waals surface area contributed by atoms with Crippen LogP contribution in [0.3, 0.4) is 0 Å². The van der Waals surface area contributed by atoms with Crippen LogP contribution in [0, 0.1) is 17.6 Å². The molecule has 1 fully saturated rings. The Kier molecular flexibility index (Phi) is 4.46. The van der Waals surface area contributed by atoms with Crippen LogP contribution in [-0.2, 0) is 9.05 Å². The highest BCUT2D eigenvalue weighted by Gasteiger charge is 2.31. The molecule has 9 heteroatoms. The molecule has 1 aromatic carbocycles. The van der Waals surface area contributed by atoms with Gasteiger partial charge in [-0.15, -0.1) is 0 Å². The zero-order valence-electron chi connectivity index (χ0n) is 10.9. The molecule has 0 atom stereocenters. The molecule has 116 valence electrons. The molecule has 1 saturated carbocycles. The maximum Gasteiger partial charge on any atom is 0.265 e. The lowest BCUT2D eigenvalue weighted by atomic mass is 10.1. The molecule has 1 amide bonds. The number of halogens is 4. The third-order valence-corrected chi connectivity index (χ3v) is 5.00. The topological polar surface area (TPSA) is 54.5 Å². The Labute approximate surface area is 130 Å². The summed E-state index contributed by atoms with van der Waals surface area (Å²) < 4.78 is 49.7. The average Bonchev–Trinajstić information content (AvgIpc) is 3.15. The number of amides is 1. The number of hydrogen-bond donors (Lipinski definition) is 0. The van der Waals surface area contributed by atoms with Crippen LogP contribution < -0.4 is 0 Å². The van der Waals surface area contributed by atoms with E-state index in [0.717, 1.165) is 12.8 Å². The summed E-state index contributed by atoms with van der Waals surface area (Å²) in [5.74, 6) is -3.51. The highest BCUT2D eigenvalue weighted by Crippen LogP contribution is 2.34. The fourth-order valence-electron chi connectivity index (χ4n) is 1.93. The van der Waals surface area contributed by atoms with E-state index >= 15 is 0 Å².